The molecule has 0 radical (unpaired) electrons. The number of halogens is 3. The molecule has 5 aromatic rings. The minimum Gasteiger partial charge on any atom is -0.497 e. The third-order valence-electron chi connectivity index (χ3n) is 8.81. The van der Waals surface area contributed by atoms with Crippen LogP contribution in [-0.2, 0) is 17.5 Å². The average molecular weight is 744 g/mol. The lowest BCUT2D eigenvalue weighted by molar-refractivity contribution is -0.141. The highest BCUT2D eigenvalue weighted by Gasteiger charge is 2.36. The predicted octanol–water partition coefficient (Wildman–Crippen LogP) is 9.37. The minimum atomic E-state index is -4.79. The van der Waals surface area contributed by atoms with Gasteiger partial charge in [0.2, 0.25) is 0 Å². The van der Waals surface area contributed by atoms with Crippen molar-refractivity contribution in [2.24, 2.45) is 5.92 Å². The van der Waals surface area contributed by atoms with Gasteiger partial charge in [-0.3, -0.25) is 9.80 Å². The van der Waals surface area contributed by atoms with Crippen molar-refractivity contribution in [2.45, 2.75) is 58.0 Å². The lowest BCUT2D eigenvalue weighted by Gasteiger charge is -2.32. The van der Waals surface area contributed by atoms with E-state index in [1.165, 1.54) is 9.80 Å². The second-order valence-corrected chi connectivity index (χ2v) is 14.1. The Morgan fingerprint density at radius 1 is 0.907 bits per heavy atom. The Labute approximate surface area is 309 Å². The fraction of sp³-hybridized carbons (Fsp3) is 0.300. The van der Waals surface area contributed by atoms with Crippen LogP contribution in [0.3, 0.4) is 0 Å². The largest absolute Gasteiger partial charge is 0.497 e. The molecular formula is C40H40F3N5O6. The number of nitrogens with one attached hydrogen (secondary N) is 1. The van der Waals surface area contributed by atoms with Gasteiger partial charge in [-0.15, -0.1) is 0 Å². The maximum Gasteiger partial charge on any atom is 0.435 e. The van der Waals surface area contributed by atoms with E-state index >= 15 is 0 Å². The monoisotopic (exact) mass is 743 g/mol. The van der Waals surface area contributed by atoms with Crippen LogP contribution in [0.2, 0.25) is 0 Å². The summed E-state index contributed by atoms with van der Waals surface area (Å²) in [4.78, 5) is 42.1. The molecule has 11 nitrogen and oxygen atoms in total. The smallest absolute Gasteiger partial charge is 0.435 e. The molecule has 1 heterocycles. The van der Waals surface area contributed by atoms with Crippen molar-refractivity contribution in [1.82, 2.24) is 20.0 Å². The second-order valence-electron chi connectivity index (χ2n) is 14.1. The number of amides is 3. The Kier molecular flexibility index (Phi) is 10.6. The highest BCUT2D eigenvalue weighted by Crippen LogP contribution is 2.39. The summed E-state index contributed by atoms with van der Waals surface area (Å²) < 4.78 is 52.1. The number of aromatic nitrogens is 2. The molecule has 3 amide bonds. The van der Waals surface area contributed by atoms with Crippen molar-refractivity contribution < 1.29 is 42.1 Å². The van der Waals surface area contributed by atoms with E-state index in [-0.39, 0.29) is 30.4 Å². The molecule has 1 saturated carbocycles. The van der Waals surface area contributed by atoms with Crippen molar-refractivity contribution in [3.05, 3.63) is 120 Å². The summed E-state index contributed by atoms with van der Waals surface area (Å²) in [7, 11) is 1.58. The molecule has 282 valence electrons. The summed E-state index contributed by atoms with van der Waals surface area (Å²) in [6, 6.07) is 23.5. The summed E-state index contributed by atoms with van der Waals surface area (Å²) in [5.41, 5.74) is 0.303. The first-order valence-electron chi connectivity index (χ1n) is 17.3. The molecule has 54 heavy (non-hydrogen) atoms. The van der Waals surface area contributed by atoms with Gasteiger partial charge >= 0.3 is 24.4 Å². The predicted molar refractivity (Wildman–Crippen MR) is 196 cm³/mol. The molecule has 0 spiro atoms. The molecule has 0 aliphatic heterocycles. The first-order chi connectivity index (χ1) is 25.6. The topological polar surface area (TPSA) is 126 Å². The number of hydrogen-bond donors (Lipinski definition) is 2. The second kappa shape index (κ2) is 15.1. The van der Waals surface area contributed by atoms with E-state index in [1.807, 2.05) is 36.4 Å². The number of alkyl halides is 3. The van der Waals surface area contributed by atoms with E-state index < -0.39 is 41.7 Å². The number of fused-ring (bicyclic) bond motifs is 1. The molecule has 4 aromatic carbocycles. The van der Waals surface area contributed by atoms with Gasteiger partial charge in [0, 0.05) is 19.3 Å². The van der Waals surface area contributed by atoms with Crippen LogP contribution >= 0.6 is 0 Å². The molecule has 1 atom stereocenters. The van der Waals surface area contributed by atoms with Gasteiger partial charge in [0.05, 0.1) is 24.5 Å². The highest BCUT2D eigenvalue weighted by molar-refractivity contribution is 6.00. The number of benzene rings is 4. The van der Waals surface area contributed by atoms with E-state index in [9.17, 15) is 32.7 Å². The van der Waals surface area contributed by atoms with E-state index in [0.29, 0.717) is 33.2 Å². The first-order valence-corrected chi connectivity index (χ1v) is 17.3. The number of hydrogen-bond acceptors (Lipinski definition) is 6. The Morgan fingerprint density at radius 2 is 1.57 bits per heavy atom. The molecular weight excluding hydrogens is 703 g/mol. The van der Waals surface area contributed by atoms with Crippen molar-refractivity contribution >= 4 is 40.4 Å². The van der Waals surface area contributed by atoms with Crippen molar-refractivity contribution in [3.8, 4) is 5.75 Å². The summed E-state index contributed by atoms with van der Waals surface area (Å²) in [5.74, 6) is 0.878. The highest BCUT2D eigenvalue weighted by atomic mass is 19.4. The third kappa shape index (κ3) is 8.93. The molecule has 1 fully saturated rings. The molecule has 1 unspecified atom stereocenters. The zero-order valence-electron chi connectivity index (χ0n) is 30.1. The number of anilines is 2. The van der Waals surface area contributed by atoms with Crippen LogP contribution in [0.4, 0.5) is 38.9 Å². The number of carboxylic acid groups (broad SMARTS) is 1. The summed E-state index contributed by atoms with van der Waals surface area (Å²) in [6.07, 6.45) is -3.83. The average Bonchev–Trinajstić information content (AvgIpc) is 3.79. The van der Waals surface area contributed by atoms with Crippen LogP contribution in [0.25, 0.3) is 10.8 Å². The standard InChI is InChI=1S/C40H40F3N5O6/c1-39(2,3)54-36(49)44-23-26-7-5-9-31(19-26)48(37(50)47-18-17-34(45-47)40(41,42)43)32-10-6-8-29(21-32)35(46(38(51)52)24-25-11-12-25)30-14-13-28-22-33(53-4)16-15-27(28)20-30/h5-10,13-22,25,35H,11-12,23-24H2,1-4H3,(H,44,49)(H,51,52). The maximum absolute atomic E-state index is 14.2. The lowest BCUT2D eigenvalue weighted by Crippen LogP contribution is -2.36. The summed E-state index contributed by atoms with van der Waals surface area (Å²) in [5, 5.41) is 18.5. The van der Waals surface area contributed by atoms with Crippen LogP contribution in [0.15, 0.2) is 97.2 Å². The molecule has 14 heteroatoms. The quantitative estimate of drug-likeness (QED) is 0.146. The SMILES string of the molecule is COc1ccc2cc(C(c3cccc(N(C(=O)n4ccc(C(F)(F)F)n4)c4cccc(CNC(=O)OC(C)(C)C)c4)c3)N(CC3CC3)C(=O)O)ccc2c1. The number of rotatable bonds is 10. The summed E-state index contributed by atoms with van der Waals surface area (Å²) in [6.45, 7) is 5.50. The van der Waals surface area contributed by atoms with E-state index in [0.717, 1.165) is 29.8 Å². The molecule has 0 bridgehead atoms. The van der Waals surface area contributed by atoms with Gasteiger partial charge in [0.1, 0.15) is 11.4 Å². The number of carbonyl (C=O) groups is 3. The van der Waals surface area contributed by atoms with Crippen molar-refractivity contribution in [1.29, 1.82) is 0 Å². The van der Waals surface area contributed by atoms with Crippen molar-refractivity contribution in [3.63, 3.8) is 0 Å². The van der Waals surface area contributed by atoms with Gasteiger partial charge in [0.25, 0.3) is 0 Å². The van der Waals surface area contributed by atoms with Gasteiger partial charge in [-0.05, 0) is 116 Å². The zero-order chi connectivity index (χ0) is 38.8. The lowest BCUT2D eigenvalue weighted by atomic mass is 9.94. The number of nitrogens with zero attached hydrogens (tertiary/aromatic N) is 4. The molecule has 2 N–H and O–H groups in total. The van der Waals surface area contributed by atoms with Crippen LogP contribution in [0, 0.1) is 5.92 Å². The van der Waals surface area contributed by atoms with Gasteiger partial charge in [-0.25, -0.2) is 14.4 Å². The Bertz CT molecular complexity index is 2180. The zero-order valence-corrected chi connectivity index (χ0v) is 30.1. The Hall–Kier alpha value is -6.05. The molecule has 1 aliphatic rings. The molecule has 1 aliphatic carbocycles. The van der Waals surface area contributed by atoms with Crippen LogP contribution in [0.5, 0.6) is 5.75 Å². The van der Waals surface area contributed by atoms with Crippen LogP contribution in [0.1, 0.15) is 62.0 Å². The van der Waals surface area contributed by atoms with Crippen molar-refractivity contribution in [2.75, 3.05) is 18.6 Å². The van der Waals surface area contributed by atoms with E-state index in [2.05, 4.69) is 10.4 Å². The third-order valence-corrected chi connectivity index (χ3v) is 8.81. The van der Waals surface area contributed by atoms with E-state index in [1.54, 1.807) is 76.4 Å². The van der Waals surface area contributed by atoms with Crippen LogP contribution < -0.4 is 15.0 Å². The maximum atomic E-state index is 14.2. The number of alkyl carbamates (subject to hydrolysis) is 1. The van der Waals surface area contributed by atoms with Gasteiger partial charge < -0.3 is 19.9 Å². The molecule has 1 aromatic heterocycles. The first kappa shape index (κ1) is 37.7. The Morgan fingerprint density at radius 3 is 2.22 bits per heavy atom. The van der Waals surface area contributed by atoms with E-state index in [4.69, 9.17) is 9.47 Å². The van der Waals surface area contributed by atoms with Gasteiger partial charge in [-0.1, -0.05) is 42.5 Å². The van der Waals surface area contributed by atoms with Crippen LogP contribution in [-0.4, -0.2) is 57.3 Å². The fourth-order valence-electron chi connectivity index (χ4n) is 6.15. The molecule has 0 saturated heterocycles. The van der Waals surface area contributed by atoms with Gasteiger partial charge in [0.15, 0.2) is 5.69 Å². The summed E-state index contributed by atoms with van der Waals surface area (Å²) >= 11 is 0. The number of methoxy groups -OCH3 is 1. The number of carbonyl (C=O) groups excluding carboxylic acids is 2. The fourth-order valence-corrected chi connectivity index (χ4v) is 6.15. The Balaban J connectivity index is 1.44. The number of ether oxygens (including phenoxy) is 2. The normalized spacial score (nSPS) is 13.6. The minimum absolute atomic E-state index is 0.0233. The molecule has 6 rings (SSSR count). The van der Waals surface area contributed by atoms with Gasteiger partial charge in [-0.2, -0.15) is 23.0 Å².